The molecule has 1 heterocycles. The van der Waals surface area contributed by atoms with Gasteiger partial charge < -0.3 is 4.98 Å². The SMILES string of the molecule is CCCc1cc(=O)[nH]c(Sc2cc(Cl)ccc2C=O)n1. The van der Waals surface area contributed by atoms with E-state index in [0.29, 0.717) is 20.6 Å². The maximum absolute atomic E-state index is 11.6. The first-order valence-electron chi connectivity index (χ1n) is 6.15. The van der Waals surface area contributed by atoms with E-state index in [2.05, 4.69) is 9.97 Å². The molecule has 6 heteroatoms. The topological polar surface area (TPSA) is 62.8 Å². The zero-order chi connectivity index (χ0) is 14.5. The Balaban J connectivity index is 2.36. The summed E-state index contributed by atoms with van der Waals surface area (Å²) in [5.41, 5.74) is 1.07. The number of hydrogen-bond donors (Lipinski definition) is 1. The van der Waals surface area contributed by atoms with Crippen molar-refractivity contribution >= 4 is 29.6 Å². The van der Waals surface area contributed by atoms with Crippen LogP contribution in [0, 0.1) is 0 Å². The number of aromatic amines is 1. The van der Waals surface area contributed by atoms with E-state index < -0.39 is 0 Å². The molecule has 1 N–H and O–H groups in total. The van der Waals surface area contributed by atoms with Crippen LogP contribution >= 0.6 is 23.4 Å². The van der Waals surface area contributed by atoms with Crippen molar-refractivity contribution < 1.29 is 4.79 Å². The van der Waals surface area contributed by atoms with Crippen LogP contribution in [0.15, 0.2) is 39.1 Å². The third-order valence-corrected chi connectivity index (χ3v) is 3.78. The van der Waals surface area contributed by atoms with Gasteiger partial charge in [0, 0.05) is 27.2 Å². The van der Waals surface area contributed by atoms with Crippen molar-refractivity contribution in [2.75, 3.05) is 0 Å². The van der Waals surface area contributed by atoms with Crippen LogP contribution in [0.25, 0.3) is 0 Å². The van der Waals surface area contributed by atoms with Crippen LogP contribution in [-0.2, 0) is 6.42 Å². The Hall–Kier alpha value is -1.59. The molecule has 0 unspecified atom stereocenters. The van der Waals surface area contributed by atoms with E-state index in [1.807, 2.05) is 6.92 Å². The van der Waals surface area contributed by atoms with E-state index >= 15 is 0 Å². The van der Waals surface area contributed by atoms with Crippen LogP contribution in [-0.4, -0.2) is 16.3 Å². The number of H-pyrrole nitrogens is 1. The molecule has 0 radical (unpaired) electrons. The quantitative estimate of drug-likeness (QED) is 0.679. The van der Waals surface area contributed by atoms with E-state index in [0.717, 1.165) is 24.8 Å². The smallest absolute Gasteiger partial charge is 0.251 e. The molecule has 1 aromatic heterocycles. The van der Waals surface area contributed by atoms with Gasteiger partial charge in [-0.15, -0.1) is 0 Å². The van der Waals surface area contributed by atoms with Crippen molar-refractivity contribution in [2.24, 2.45) is 0 Å². The van der Waals surface area contributed by atoms with Gasteiger partial charge in [0.05, 0.1) is 0 Å². The van der Waals surface area contributed by atoms with E-state index in [-0.39, 0.29) is 5.56 Å². The van der Waals surface area contributed by atoms with Crippen molar-refractivity contribution in [3.05, 3.63) is 50.9 Å². The first kappa shape index (κ1) is 14.8. The molecular formula is C14H13ClN2O2S. The second kappa shape index (κ2) is 6.72. The highest BCUT2D eigenvalue weighted by molar-refractivity contribution is 7.99. The largest absolute Gasteiger partial charge is 0.301 e. The molecule has 0 aliphatic rings. The van der Waals surface area contributed by atoms with Crippen molar-refractivity contribution in [1.82, 2.24) is 9.97 Å². The molecule has 0 atom stereocenters. The maximum Gasteiger partial charge on any atom is 0.251 e. The van der Waals surface area contributed by atoms with Crippen molar-refractivity contribution in [2.45, 2.75) is 29.8 Å². The molecule has 2 rings (SSSR count). The third kappa shape index (κ3) is 3.71. The Bertz CT molecular complexity index is 685. The number of halogens is 1. The van der Waals surface area contributed by atoms with E-state index in [9.17, 15) is 9.59 Å². The van der Waals surface area contributed by atoms with Gasteiger partial charge in [0.2, 0.25) is 0 Å². The molecule has 20 heavy (non-hydrogen) atoms. The molecule has 0 fully saturated rings. The molecule has 0 saturated heterocycles. The van der Waals surface area contributed by atoms with Crippen molar-refractivity contribution in [3.8, 4) is 0 Å². The van der Waals surface area contributed by atoms with Crippen LogP contribution in [0.5, 0.6) is 0 Å². The molecule has 0 saturated carbocycles. The fourth-order valence-corrected chi connectivity index (χ4v) is 2.89. The summed E-state index contributed by atoms with van der Waals surface area (Å²) in [7, 11) is 0. The van der Waals surface area contributed by atoms with Gasteiger partial charge in [-0.3, -0.25) is 9.59 Å². The number of nitrogens with one attached hydrogen (secondary N) is 1. The predicted molar refractivity (Wildman–Crippen MR) is 79.8 cm³/mol. The van der Waals surface area contributed by atoms with Gasteiger partial charge in [0.1, 0.15) is 0 Å². The maximum atomic E-state index is 11.6. The Kier molecular flexibility index (Phi) is 4.98. The van der Waals surface area contributed by atoms with Crippen LogP contribution in [0.3, 0.4) is 0 Å². The summed E-state index contributed by atoms with van der Waals surface area (Å²) in [6.07, 6.45) is 2.41. The van der Waals surface area contributed by atoms with Gasteiger partial charge in [-0.1, -0.05) is 36.7 Å². The van der Waals surface area contributed by atoms with Gasteiger partial charge in [0.15, 0.2) is 11.4 Å². The highest BCUT2D eigenvalue weighted by atomic mass is 35.5. The molecule has 0 aliphatic carbocycles. The lowest BCUT2D eigenvalue weighted by Gasteiger charge is -2.06. The second-order valence-electron chi connectivity index (χ2n) is 4.19. The standard InChI is InChI=1S/C14H13ClN2O2S/c1-2-3-11-7-13(19)17-14(16-11)20-12-6-10(15)5-4-9(12)8-18/h4-8H,2-3H2,1H3,(H,16,17,19). The first-order valence-corrected chi connectivity index (χ1v) is 7.34. The molecule has 104 valence electrons. The van der Waals surface area contributed by atoms with E-state index in [1.165, 1.54) is 17.8 Å². The minimum absolute atomic E-state index is 0.194. The number of nitrogens with zero attached hydrogens (tertiary/aromatic N) is 1. The van der Waals surface area contributed by atoms with Crippen LogP contribution in [0.4, 0.5) is 0 Å². The summed E-state index contributed by atoms with van der Waals surface area (Å²) in [5.74, 6) is 0. The lowest BCUT2D eigenvalue weighted by molar-refractivity contribution is 0.112. The minimum Gasteiger partial charge on any atom is -0.301 e. The molecule has 0 amide bonds. The number of hydrogen-bond acceptors (Lipinski definition) is 4. The molecule has 1 aromatic carbocycles. The summed E-state index contributed by atoms with van der Waals surface area (Å²) in [5, 5.41) is 0.997. The van der Waals surface area contributed by atoms with Gasteiger partial charge in [-0.2, -0.15) is 0 Å². The predicted octanol–water partition coefficient (Wildman–Crippen LogP) is 3.34. The van der Waals surface area contributed by atoms with Crippen LogP contribution in [0.2, 0.25) is 5.02 Å². The Morgan fingerprint density at radius 2 is 2.20 bits per heavy atom. The van der Waals surface area contributed by atoms with Crippen LogP contribution < -0.4 is 5.56 Å². The average Bonchev–Trinajstić information content (AvgIpc) is 2.38. The highest BCUT2D eigenvalue weighted by Gasteiger charge is 2.08. The Morgan fingerprint density at radius 3 is 2.90 bits per heavy atom. The van der Waals surface area contributed by atoms with E-state index in [4.69, 9.17) is 11.6 Å². The number of aromatic nitrogens is 2. The van der Waals surface area contributed by atoms with Crippen molar-refractivity contribution in [3.63, 3.8) is 0 Å². The molecular weight excluding hydrogens is 296 g/mol. The summed E-state index contributed by atoms with van der Waals surface area (Å²) in [6, 6.07) is 6.47. The third-order valence-electron chi connectivity index (χ3n) is 2.59. The summed E-state index contributed by atoms with van der Waals surface area (Å²) >= 11 is 7.16. The molecule has 0 aliphatic heterocycles. The zero-order valence-electron chi connectivity index (χ0n) is 10.9. The Morgan fingerprint density at radius 1 is 1.40 bits per heavy atom. The highest BCUT2D eigenvalue weighted by Crippen LogP contribution is 2.29. The summed E-state index contributed by atoms with van der Waals surface area (Å²) in [4.78, 5) is 30.3. The number of benzene rings is 1. The van der Waals surface area contributed by atoms with Crippen LogP contribution in [0.1, 0.15) is 29.4 Å². The monoisotopic (exact) mass is 308 g/mol. The molecule has 4 nitrogen and oxygen atoms in total. The van der Waals surface area contributed by atoms with Gasteiger partial charge in [0.25, 0.3) is 5.56 Å². The lowest BCUT2D eigenvalue weighted by Crippen LogP contribution is -2.09. The normalized spacial score (nSPS) is 10.5. The second-order valence-corrected chi connectivity index (χ2v) is 5.66. The molecule has 0 spiro atoms. The first-order chi connectivity index (χ1) is 9.62. The van der Waals surface area contributed by atoms with Gasteiger partial charge in [-0.25, -0.2) is 4.98 Å². The Labute approximate surface area is 125 Å². The summed E-state index contributed by atoms with van der Waals surface area (Å²) < 4.78 is 0. The minimum atomic E-state index is -0.194. The van der Waals surface area contributed by atoms with E-state index in [1.54, 1.807) is 18.2 Å². The molecule has 0 bridgehead atoms. The fourth-order valence-electron chi connectivity index (χ4n) is 1.71. The number of rotatable bonds is 5. The number of carbonyl (C=O) groups is 1. The average molecular weight is 309 g/mol. The number of aryl methyl sites for hydroxylation is 1. The molecule has 2 aromatic rings. The number of aldehydes is 1. The van der Waals surface area contributed by atoms with Gasteiger partial charge in [-0.05, 0) is 24.6 Å². The lowest BCUT2D eigenvalue weighted by atomic mass is 10.2. The zero-order valence-corrected chi connectivity index (χ0v) is 12.4. The van der Waals surface area contributed by atoms with Gasteiger partial charge >= 0.3 is 0 Å². The fraction of sp³-hybridized carbons (Fsp3) is 0.214. The number of carbonyl (C=O) groups excluding carboxylic acids is 1. The summed E-state index contributed by atoms with van der Waals surface area (Å²) in [6.45, 7) is 2.02. The van der Waals surface area contributed by atoms with Crippen molar-refractivity contribution in [1.29, 1.82) is 0 Å².